The van der Waals surface area contributed by atoms with E-state index in [9.17, 15) is 14.4 Å². The Labute approximate surface area is 309 Å². The number of dihydropyridines is 1. The van der Waals surface area contributed by atoms with Crippen molar-refractivity contribution < 1.29 is 23.9 Å². The van der Waals surface area contributed by atoms with Gasteiger partial charge in [0.1, 0.15) is 0 Å². The number of ether oxygens (including phenoxy) is 2. The fraction of sp³-hybridized carbons (Fsp3) is 0.568. The van der Waals surface area contributed by atoms with Crippen LogP contribution < -0.4 is 5.32 Å². The normalized spacial score (nSPS) is 19.6. The summed E-state index contributed by atoms with van der Waals surface area (Å²) in [6.07, 6.45) is 8.78. The third-order valence-electron chi connectivity index (χ3n) is 10.6. The van der Waals surface area contributed by atoms with Gasteiger partial charge in [-0.1, -0.05) is 56.0 Å². The molecule has 1 unspecified atom stereocenters. The molecule has 2 aromatic rings. The number of hydrogen-bond acceptors (Lipinski definition) is 10. The first kappa shape index (κ1) is 38.3. The third kappa shape index (κ3) is 8.39. The van der Waals surface area contributed by atoms with Crippen molar-refractivity contribution >= 4 is 52.4 Å². The molecular weight excluding hydrogens is 697 g/mol. The Bertz CT molecular complexity index is 1560. The Morgan fingerprint density at radius 2 is 1.58 bits per heavy atom. The van der Waals surface area contributed by atoms with E-state index >= 15 is 0 Å². The molecule has 1 saturated heterocycles. The van der Waals surface area contributed by atoms with E-state index in [0.717, 1.165) is 44.2 Å². The molecule has 1 aromatic heterocycles. The maximum Gasteiger partial charge on any atom is 0.336 e. The number of carbonyl (C=O) groups is 3. The predicted octanol–water partition coefficient (Wildman–Crippen LogP) is 6.20. The highest BCUT2D eigenvalue weighted by molar-refractivity contribution is 7.09. The van der Waals surface area contributed by atoms with Gasteiger partial charge in [-0.05, 0) is 50.9 Å². The second-order valence-electron chi connectivity index (χ2n) is 13.1. The molecule has 3 heterocycles. The molecule has 10 nitrogen and oxygen atoms in total. The number of rotatable bonds is 14. The monoisotopic (exact) mass is 745 g/mol. The van der Waals surface area contributed by atoms with Crippen LogP contribution in [-0.2, 0) is 30.3 Å². The number of aryl methyl sites for hydroxylation is 1. The van der Waals surface area contributed by atoms with E-state index in [1.54, 1.807) is 24.4 Å². The standard InChI is InChI=1S/C37H49Cl2N5O5S/c1-5-44(6-2)37(14-7-8-15-37)16-18-42-19-21-43(22-20-42)30(45)24-28-33(36(47)49-4)34(31-25(38)10-9-11-26(31)39)32(35(46)48-3)27(41-28)12-13-29-40-17-23-50-29/h9-11,17,23,34,41H,5-8,12-16,18-22,24H2,1-4H3. The number of benzene rings is 1. The number of allylic oxidation sites excluding steroid dienone is 1. The van der Waals surface area contributed by atoms with Gasteiger partial charge in [-0.2, -0.15) is 0 Å². The lowest BCUT2D eigenvalue weighted by atomic mass is 9.78. The molecule has 2 fully saturated rings. The lowest BCUT2D eigenvalue weighted by molar-refractivity contribution is -0.137. The summed E-state index contributed by atoms with van der Waals surface area (Å²) in [5.41, 5.74) is 1.82. The van der Waals surface area contributed by atoms with Crippen LogP contribution in [0.1, 0.15) is 75.3 Å². The molecular formula is C37H49Cl2N5O5S. The molecule has 272 valence electrons. The molecule has 2 aliphatic heterocycles. The quantitative estimate of drug-likeness (QED) is 0.227. The SMILES string of the molecule is CCN(CC)C1(CCN2CCN(C(=O)CC3=C(C(=O)OC)C(c4c(Cl)cccc4Cl)C(C(=O)OC)=C(CCc4nccs4)N3)CC2)CCCC1. The predicted molar refractivity (Wildman–Crippen MR) is 197 cm³/mol. The molecule has 1 amide bonds. The van der Waals surface area contributed by atoms with Crippen LogP contribution in [0.5, 0.6) is 0 Å². The summed E-state index contributed by atoms with van der Waals surface area (Å²) in [5, 5.41) is 6.64. The van der Waals surface area contributed by atoms with Crippen molar-refractivity contribution in [2.75, 3.05) is 60.0 Å². The fourth-order valence-electron chi connectivity index (χ4n) is 8.03. The summed E-state index contributed by atoms with van der Waals surface area (Å²) in [4.78, 5) is 52.6. The van der Waals surface area contributed by atoms with Crippen molar-refractivity contribution in [3.05, 3.63) is 72.9 Å². The molecule has 3 aliphatic rings. The molecule has 1 aromatic carbocycles. The van der Waals surface area contributed by atoms with E-state index in [0.29, 0.717) is 42.9 Å². The number of methoxy groups -OCH3 is 2. The van der Waals surface area contributed by atoms with Crippen molar-refractivity contribution in [3.8, 4) is 0 Å². The lowest BCUT2D eigenvalue weighted by Crippen LogP contribution is -2.52. The van der Waals surface area contributed by atoms with Gasteiger partial charge in [-0.15, -0.1) is 11.3 Å². The minimum atomic E-state index is -1.03. The van der Waals surface area contributed by atoms with Crippen LogP contribution in [-0.4, -0.2) is 103 Å². The lowest BCUT2D eigenvalue weighted by Gasteiger charge is -2.43. The van der Waals surface area contributed by atoms with Crippen LogP contribution in [0.25, 0.3) is 0 Å². The average Bonchev–Trinajstić information content (AvgIpc) is 3.83. The van der Waals surface area contributed by atoms with E-state index in [4.69, 9.17) is 32.7 Å². The second-order valence-corrected chi connectivity index (χ2v) is 14.9. The fourth-order valence-corrected chi connectivity index (χ4v) is 9.27. The van der Waals surface area contributed by atoms with Crippen LogP contribution in [0.4, 0.5) is 0 Å². The van der Waals surface area contributed by atoms with E-state index < -0.39 is 17.9 Å². The molecule has 1 saturated carbocycles. The number of halogens is 2. The first-order valence-corrected chi connectivity index (χ1v) is 19.3. The summed E-state index contributed by atoms with van der Waals surface area (Å²) < 4.78 is 10.5. The molecule has 0 bridgehead atoms. The minimum absolute atomic E-state index is 0.0940. The smallest absolute Gasteiger partial charge is 0.336 e. The largest absolute Gasteiger partial charge is 0.466 e. The van der Waals surface area contributed by atoms with Gasteiger partial charge in [0.15, 0.2) is 0 Å². The summed E-state index contributed by atoms with van der Waals surface area (Å²) in [5.74, 6) is -2.48. The van der Waals surface area contributed by atoms with Crippen molar-refractivity contribution in [1.82, 2.24) is 25.0 Å². The second kappa shape index (κ2) is 17.5. The van der Waals surface area contributed by atoms with E-state index in [1.807, 2.05) is 10.3 Å². The first-order valence-electron chi connectivity index (χ1n) is 17.6. The van der Waals surface area contributed by atoms with Gasteiger partial charge in [0.05, 0.1) is 42.7 Å². The maximum absolute atomic E-state index is 14.0. The number of esters is 2. The van der Waals surface area contributed by atoms with E-state index in [-0.39, 0.29) is 39.1 Å². The zero-order chi connectivity index (χ0) is 35.8. The molecule has 1 aliphatic carbocycles. The highest BCUT2D eigenvalue weighted by Gasteiger charge is 2.42. The van der Waals surface area contributed by atoms with Crippen LogP contribution in [0.3, 0.4) is 0 Å². The average molecular weight is 747 g/mol. The highest BCUT2D eigenvalue weighted by atomic mass is 35.5. The van der Waals surface area contributed by atoms with Gasteiger partial charge in [-0.3, -0.25) is 14.6 Å². The number of hydrogen-bond donors (Lipinski definition) is 1. The van der Waals surface area contributed by atoms with Gasteiger partial charge in [0, 0.05) is 83.3 Å². The summed E-state index contributed by atoms with van der Waals surface area (Å²) in [7, 11) is 2.56. The highest BCUT2D eigenvalue weighted by Crippen LogP contribution is 2.46. The third-order valence-corrected chi connectivity index (χ3v) is 12.1. The Morgan fingerprint density at radius 1 is 0.960 bits per heavy atom. The maximum atomic E-state index is 14.0. The van der Waals surface area contributed by atoms with Gasteiger partial charge < -0.3 is 19.7 Å². The number of piperazine rings is 1. The Morgan fingerprint density at radius 3 is 2.14 bits per heavy atom. The van der Waals surface area contributed by atoms with Crippen molar-refractivity contribution in [2.24, 2.45) is 0 Å². The molecule has 0 radical (unpaired) electrons. The van der Waals surface area contributed by atoms with Crippen LogP contribution in [0, 0.1) is 0 Å². The number of carbonyl (C=O) groups excluding carboxylic acids is 3. The van der Waals surface area contributed by atoms with Crippen molar-refractivity contribution in [1.29, 1.82) is 0 Å². The Balaban J connectivity index is 1.40. The van der Waals surface area contributed by atoms with E-state index in [1.165, 1.54) is 51.2 Å². The molecule has 13 heteroatoms. The van der Waals surface area contributed by atoms with Gasteiger partial charge in [0.25, 0.3) is 0 Å². The zero-order valence-corrected chi connectivity index (χ0v) is 31.9. The van der Waals surface area contributed by atoms with Crippen LogP contribution >= 0.6 is 34.5 Å². The minimum Gasteiger partial charge on any atom is -0.466 e. The van der Waals surface area contributed by atoms with Gasteiger partial charge in [-0.25, -0.2) is 14.6 Å². The molecule has 0 spiro atoms. The first-order chi connectivity index (χ1) is 24.2. The number of aromatic nitrogens is 1. The molecule has 5 rings (SSSR count). The van der Waals surface area contributed by atoms with Gasteiger partial charge in [0.2, 0.25) is 5.91 Å². The zero-order valence-electron chi connectivity index (χ0n) is 29.6. The Kier molecular flexibility index (Phi) is 13.4. The molecule has 1 N–H and O–H groups in total. The van der Waals surface area contributed by atoms with Crippen LogP contribution in [0.2, 0.25) is 10.0 Å². The summed E-state index contributed by atoms with van der Waals surface area (Å²) in [6.45, 7) is 10.5. The van der Waals surface area contributed by atoms with Crippen molar-refractivity contribution in [2.45, 2.75) is 76.7 Å². The number of nitrogens with one attached hydrogen (secondary N) is 1. The number of thiazole rings is 1. The molecule has 50 heavy (non-hydrogen) atoms. The van der Waals surface area contributed by atoms with Crippen LogP contribution in [0.15, 0.2) is 52.3 Å². The van der Waals surface area contributed by atoms with Gasteiger partial charge >= 0.3 is 11.9 Å². The Hall–Kier alpha value is -2.96. The number of nitrogens with zero attached hydrogens (tertiary/aromatic N) is 4. The number of amides is 1. The van der Waals surface area contributed by atoms with Crippen molar-refractivity contribution in [3.63, 3.8) is 0 Å². The topological polar surface area (TPSA) is 104 Å². The van der Waals surface area contributed by atoms with E-state index in [2.05, 4.69) is 33.9 Å². The molecule has 1 atom stereocenters. The summed E-state index contributed by atoms with van der Waals surface area (Å²) >= 11 is 15.0. The summed E-state index contributed by atoms with van der Waals surface area (Å²) in [6, 6.07) is 5.01.